The van der Waals surface area contributed by atoms with Crippen LogP contribution >= 0.6 is 0 Å². The molecule has 34 heavy (non-hydrogen) atoms. The number of hydrogen-bond acceptors (Lipinski definition) is 3. The summed E-state index contributed by atoms with van der Waals surface area (Å²) < 4.78 is 86.7. The van der Waals surface area contributed by atoms with Crippen LogP contribution in [-0.2, 0) is 4.74 Å². The van der Waals surface area contributed by atoms with E-state index in [1.165, 1.54) is 36.4 Å². The highest BCUT2D eigenvalue weighted by molar-refractivity contribution is 5.67. The number of benzene rings is 2. The quantitative estimate of drug-likeness (QED) is 0.237. The Kier molecular flexibility index (Phi) is 9.17. The van der Waals surface area contributed by atoms with Crippen LogP contribution in [0.15, 0.2) is 36.4 Å². The third kappa shape index (κ3) is 6.40. The second-order valence-electron chi connectivity index (χ2n) is 8.49. The summed E-state index contributed by atoms with van der Waals surface area (Å²) in [5.74, 6) is -2.49. The van der Waals surface area contributed by atoms with Crippen molar-refractivity contribution in [2.45, 2.75) is 71.0 Å². The zero-order chi connectivity index (χ0) is 24.7. The van der Waals surface area contributed by atoms with E-state index in [4.69, 9.17) is 14.2 Å². The molecule has 2 aromatic rings. The summed E-state index contributed by atoms with van der Waals surface area (Å²) in [4.78, 5) is 0. The minimum Gasteiger partial charge on any atom is -0.493 e. The number of hydrogen-bond donors (Lipinski definition) is 0. The fourth-order valence-electron chi connectivity index (χ4n) is 4.15. The van der Waals surface area contributed by atoms with Crippen LogP contribution in [0.25, 0.3) is 11.1 Å². The molecule has 0 radical (unpaired) electrons. The van der Waals surface area contributed by atoms with Gasteiger partial charge in [-0.25, -0.2) is 13.2 Å². The number of halogens is 5. The zero-order valence-electron chi connectivity index (χ0n) is 19.5. The van der Waals surface area contributed by atoms with Gasteiger partial charge in [0, 0.05) is 5.56 Å². The van der Waals surface area contributed by atoms with Crippen LogP contribution < -0.4 is 9.47 Å². The molecule has 0 aliphatic carbocycles. The van der Waals surface area contributed by atoms with Gasteiger partial charge in [-0.3, -0.25) is 0 Å². The molecule has 0 spiro atoms. The standard InChI is InChI=1S/C26H31F5O3/c1-3-5-6-7-19-13-10-18(16-33-19)26(30,31)34-20-11-8-17(9-12-20)21-14-15-22(32-4-2)23(24(21)27)25(28)29/h8-9,11-12,14-15,18-19,25H,3-7,10,13,16H2,1-2H3. The van der Waals surface area contributed by atoms with Crippen molar-refractivity contribution in [1.29, 1.82) is 0 Å². The molecule has 0 amide bonds. The Bertz CT molecular complexity index is 909. The first-order valence-corrected chi connectivity index (χ1v) is 11.8. The molecule has 0 aromatic heterocycles. The van der Waals surface area contributed by atoms with Gasteiger partial charge >= 0.3 is 6.11 Å². The van der Waals surface area contributed by atoms with Gasteiger partial charge in [0.25, 0.3) is 6.43 Å². The van der Waals surface area contributed by atoms with E-state index in [0.29, 0.717) is 12.8 Å². The molecule has 1 aliphatic rings. The van der Waals surface area contributed by atoms with E-state index in [9.17, 15) is 22.0 Å². The van der Waals surface area contributed by atoms with Gasteiger partial charge in [-0.05, 0) is 56.0 Å². The van der Waals surface area contributed by atoms with Gasteiger partial charge < -0.3 is 14.2 Å². The van der Waals surface area contributed by atoms with Crippen molar-refractivity contribution in [2.24, 2.45) is 5.92 Å². The topological polar surface area (TPSA) is 27.7 Å². The van der Waals surface area contributed by atoms with Crippen molar-refractivity contribution in [2.75, 3.05) is 13.2 Å². The summed E-state index contributed by atoms with van der Waals surface area (Å²) in [6.07, 6.45) is -1.51. The number of ether oxygens (including phenoxy) is 3. The molecule has 8 heteroatoms. The van der Waals surface area contributed by atoms with E-state index in [1.54, 1.807) is 6.92 Å². The Hall–Kier alpha value is -2.35. The summed E-state index contributed by atoms with van der Waals surface area (Å²) in [5.41, 5.74) is -0.641. The van der Waals surface area contributed by atoms with Crippen LogP contribution in [0, 0.1) is 11.7 Å². The molecule has 0 bridgehead atoms. The summed E-state index contributed by atoms with van der Waals surface area (Å²) in [7, 11) is 0. The number of unbranched alkanes of at least 4 members (excludes halogenated alkanes) is 2. The fourth-order valence-corrected chi connectivity index (χ4v) is 4.15. The molecule has 0 saturated carbocycles. The SMILES string of the molecule is CCCCCC1CCC(C(F)(F)Oc2ccc(-c3ccc(OCC)c(C(F)F)c3F)cc2)CO1. The maximum Gasteiger partial charge on any atom is 0.402 e. The van der Waals surface area contributed by atoms with Crippen LogP contribution in [0.5, 0.6) is 11.5 Å². The molecule has 1 saturated heterocycles. The van der Waals surface area contributed by atoms with Crippen LogP contribution in [0.1, 0.15) is 64.4 Å². The molecule has 1 heterocycles. The number of rotatable bonds is 11. The van der Waals surface area contributed by atoms with Gasteiger partial charge in [0.2, 0.25) is 0 Å². The van der Waals surface area contributed by atoms with E-state index in [1.807, 2.05) is 0 Å². The predicted molar refractivity (Wildman–Crippen MR) is 120 cm³/mol. The third-order valence-corrected chi connectivity index (χ3v) is 6.05. The van der Waals surface area contributed by atoms with Crippen molar-refractivity contribution in [3.63, 3.8) is 0 Å². The molecule has 2 atom stereocenters. The molecule has 2 aromatic carbocycles. The fraction of sp³-hybridized carbons (Fsp3) is 0.538. The lowest BCUT2D eigenvalue weighted by Crippen LogP contribution is -2.41. The first kappa shape index (κ1) is 26.3. The summed E-state index contributed by atoms with van der Waals surface area (Å²) >= 11 is 0. The molecular formula is C26H31F5O3. The van der Waals surface area contributed by atoms with E-state index >= 15 is 0 Å². The molecule has 3 rings (SSSR count). The van der Waals surface area contributed by atoms with Crippen molar-refractivity contribution in [1.82, 2.24) is 0 Å². The lowest BCUT2D eigenvalue weighted by Gasteiger charge is -2.33. The van der Waals surface area contributed by atoms with Crippen LogP contribution in [0.4, 0.5) is 22.0 Å². The molecule has 3 nitrogen and oxygen atoms in total. The Morgan fingerprint density at radius 3 is 2.35 bits per heavy atom. The highest BCUT2D eigenvalue weighted by Gasteiger charge is 2.44. The van der Waals surface area contributed by atoms with Crippen molar-refractivity contribution in [3.8, 4) is 22.6 Å². The Morgan fingerprint density at radius 1 is 1.03 bits per heavy atom. The minimum atomic E-state index is -3.43. The monoisotopic (exact) mass is 486 g/mol. The van der Waals surface area contributed by atoms with Gasteiger partial charge in [-0.2, -0.15) is 8.78 Å². The smallest absolute Gasteiger partial charge is 0.402 e. The van der Waals surface area contributed by atoms with Gasteiger partial charge in [-0.15, -0.1) is 0 Å². The van der Waals surface area contributed by atoms with Gasteiger partial charge in [0.05, 0.1) is 30.8 Å². The first-order chi connectivity index (χ1) is 16.3. The van der Waals surface area contributed by atoms with E-state index in [-0.39, 0.29) is 41.9 Å². The normalized spacial score (nSPS) is 18.8. The van der Waals surface area contributed by atoms with Crippen molar-refractivity contribution < 1.29 is 36.2 Å². The third-order valence-electron chi connectivity index (χ3n) is 6.05. The number of alkyl halides is 4. The average molecular weight is 487 g/mol. The maximum absolute atomic E-state index is 14.8. The maximum atomic E-state index is 14.8. The molecular weight excluding hydrogens is 455 g/mol. The second kappa shape index (κ2) is 11.9. The molecule has 0 N–H and O–H groups in total. The molecule has 1 fully saturated rings. The average Bonchev–Trinajstić information content (AvgIpc) is 2.80. The van der Waals surface area contributed by atoms with Gasteiger partial charge in [0.15, 0.2) is 0 Å². The Labute approximate surface area is 197 Å². The lowest BCUT2D eigenvalue weighted by molar-refractivity contribution is -0.241. The van der Waals surface area contributed by atoms with E-state index in [0.717, 1.165) is 25.7 Å². The molecule has 1 aliphatic heterocycles. The Morgan fingerprint density at radius 2 is 1.76 bits per heavy atom. The van der Waals surface area contributed by atoms with Crippen molar-refractivity contribution in [3.05, 3.63) is 47.8 Å². The summed E-state index contributed by atoms with van der Waals surface area (Å²) in [5, 5.41) is 0. The predicted octanol–water partition coefficient (Wildman–Crippen LogP) is 8.18. The van der Waals surface area contributed by atoms with Crippen LogP contribution in [-0.4, -0.2) is 25.4 Å². The molecule has 2 unspecified atom stereocenters. The first-order valence-electron chi connectivity index (χ1n) is 11.8. The van der Waals surface area contributed by atoms with Gasteiger partial charge in [0.1, 0.15) is 17.3 Å². The largest absolute Gasteiger partial charge is 0.493 e. The molecule has 188 valence electrons. The minimum absolute atomic E-state index is 0.0139. The second-order valence-corrected chi connectivity index (χ2v) is 8.49. The summed E-state index contributed by atoms with van der Waals surface area (Å²) in [6, 6.07) is 7.88. The van der Waals surface area contributed by atoms with Crippen LogP contribution in [0.2, 0.25) is 0 Å². The highest BCUT2D eigenvalue weighted by atomic mass is 19.3. The van der Waals surface area contributed by atoms with Crippen LogP contribution in [0.3, 0.4) is 0 Å². The van der Waals surface area contributed by atoms with E-state index < -0.39 is 29.8 Å². The lowest BCUT2D eigenvalue weighted by atomic mass is 9.95. The van der Waals surface area contributed by atoms with Crippen molar-refractivity contribution >= 4 is 0 Å². The Balaban J connectivity index is 1.66. The zero-order valence-corrected chi connectivity index (χ0v) is 19.5. The van der Waals surface area contributed by atoms with Gasteiger partial charge in [-0.1, -0.05) is 38.3 Å². The highest BCUT2D eigenvalue weighted by Crippen LogP contribution is 2.39. The van der Waals surface area contributed by atoms with E-state index in [2.05, 4.69) is 6.92 Å². The summed E-state index contributed by atoms with van der Waals surface area (Å²) in [6.45, 7) is 3.76.